The van der Waals surface area contributed by atoms with Crippen LogP contribution in [0.3, 0.4) is 0 Å². The number of nitrogens with zero attached hydrogens (tertiary/aromatic N) is 1. The van der Waals surface area contributed by atoms with Crippen molar-refractivity contribution in [2.24, 2.45) is 0 Å². The molecule has 0 aliphatic carbocycles. The maximum atomic E-state index is 13.1. The quantitative estimate of drug-likeness (QED) is 0.802. The van der Waals surface area contributed by atoms with E-state index in [0.717, 1.165) is 0 Å². The van der Waals surface area contributed by atoms with Crippen molar-refractivity contribution < 1.29 is 13.9 Å². The highest BCUT2D eigenvalue weighted by Crippen LogP contribution is 2.24. The summed E-state index contributed by atoms with van der Waals surface area (Å²) in [6.45, 7) is 1.98. The number of benzene rings is 1. The Morgan fingerprint density at radius 1 is 1.62 bits per heavy atom. The molecule has 16 heavy (non-hydrogen) atoms. The van der Waals surface area contributed by atoms with E-state index >= 15 is 0 Å². The second-order valence-corrected chi connectivity index (χ2v) is 3.78. The summed E-state index contributed by atoms with van der Waals surface area (Å²) in [5.74, 6) is -0.957. The lowest BCUT2D eigenvalue weighted by Crippen LogP contribution is -2.09. The molecule has 5 heteroatoms. The van der Waals surface area contributed by atoms with Crippen molar-refractivity contribution in [2.45, 2.75) is 13.3 Å². The molecule has 1 rings (SSSR count). The van der Waals surface area contributed by atoms with Crippen LogP contribution in [0.15, 0.2) is 16.6 Å². The number of carbonyl (C=O) groups is 1. The standard InChI is InChI=1S/C11H9BrFNO2/c1-2-16-10(15)5-7-3-4-9(13)11(12)8(7)6-14/h3-4H,2,5H2,1H3. The summed E-state index contributed by atoms with van der Waals surface area (Å²) in [5, 5.41) is 8.87. The van der Waals surface area contributed by atoms with Crippen LogP contribution >= 0.6 is 15.9 Å². The summed E-state index contributed by atoms with van der Waals surface area (Å²) in [6.07, 6.45) is -0.0321. The number of carbonyl (C=O) groups excluding carboxylic acids is 1. The summed E-state index contributed by atoms with van der Waals surface area (Å²) in [5.41, 5.74) is 0.585. The molecule has 0 heterocycles. The van der Waals surface area contributed by atoms with E-state index in [4.69, 9.17) is 10.00 Å². The zero-order valence-corrected chi connectivity index (χ0v) is 10.2. The van der Waals surface area contributed by atoms with Crippen molar-refractivity contribution in [1.82, 2.24) is 0 Å². The average Bonchev–Trinajstić information content (AvgIpc) is 2.24. The van der Waals surface area contributed by atoms with Gasteiger partial charge in [-0.2, -0.15) is 5.26 Å². The van der Waals surface area contributed by atoms with Gasteiger partial charge in [0.2, 0.25) is 0 Å². The summed E-state index contributed by atoms with van der Waals surface area (Å²) >= 11 is 2.97. The maximum Gasteiger partial charge on any atom is 0.310 e. The first-order valence-electron chi connectivity index (χ1n) is 4.62. The fourth-order valence-electron chi connectivity index (χ4n) is 1.23. The largest absolute Gasteiger partial charge is 0.466 e. The third-order valence-electron chi connectivity index (χ3n) is 1.93. The summed E-state index contributed by atoms with van der Waals surface area (Å²) in [6, 6.07) is 4.48. The number of halogens is 2. The van der Waals surface area contributed by atoms with Crippen LogP contribution in [0, 0.1) is 17.1 Å². The van der Waals surface area contributed by atoms with Gasteiger partial charge in [-0.15, -0.1) is 0 Å². The van der Waals surface area contributed by atoms with Crippen LogP contribution in [0.2, 0.25) is 0 Å². The van der Waals surface area contributed by atoms with Crippen molar-refractivity contribution in [3.05, 3.63) is 33.5 Å². The molecule has 0 spiro atoms. The molecule has 0 bridgehead atoms. The highest BCUT2D eigenvalue weighted by molar-refractivity contribution is 9.10. The van der Waals surface area contributed by atoms with E-state index in [2.05, 4.69) is 15.9 Å². The molecule has 0 radical (unpaired) electrons. The van der Waals surface area contributed by atoms with Crippen LogP contribution in [0.25, 0.3) is 0 Å². The summed E-state index contributed by atoms with van der Waals surface area (Å²) in [4.78, 5) is 11.2. The first-order chi connectivity index (χ1) is 7.60. The minimum Gasteiger partial charge on any atom is -0.466 e. The highest BCUT2D eigenvalue weighted by Gasteiger charge is 2.14. The third kappa shape index (κ3) is 2.80. The van der Waals surface area contributed by atoms with E-state index in [1.807, 2.05) is 6.07 Å². The first kappa shape index (κ1) is 12.7. The average molecular weight is 286 g/mol. The van der Waals surface area contributed by atoms with Gasteiger partial charge in [0.1, 0.15) is 11.9 Å². The van der Waals surface area contributed by atoms with Gasteiger partial charge in [0.15, 0.2) is 0 Å². The zero-order valence-electron chi connectivity index (χ0n) is 8.59. The van der Waals surface area contributed by atoms with Gasteiger partial charge in [0.25, 0.3) is 0 Å². The molecule has 0 unspecified atom stereocenters. The smallest absolute Gasteiger partial charge is 0.310 e. The topological polar surface area (TPSA) is 50.1 Å². The molecular weight excluding hydrogens is 277 g/mol. The molecule has 0 atom stereocenters. The number of esters is 1. The van der Waals surface area contributed by atoms with Gasteiger partial charge in [-0.05, 0) is 34.5 Å². The second-order valence-electron chi connectivity index (χ2n) is 2.99. The zero-order chi connectivity index (χ0) is 12.1. The van der Waals surface area contributed by atoms with Crippen LogP contribution in [0.4, 0.5) is 4.39 Å². The van der Waals surface area contributed by atoms with Crippen molar-refractivity contribution >= 4 is 21.9 Å². The monoisotopic (exact) mass is 285 g/mol. The summed E-state index contributed by atoms with van der Waals surface area (Å²) < 4.78 is 18.0. The molecule has 0 amide bonds. The van der Waals surface area contributed by atoms with E-state index in [-0.39, 0.29) is 23.1 Å². The van der Waals surface area contributed by atoms with Gasteiger partial charge < -0.3 is 4.74 Å². The van der Waals surface area contributed by atoms with Crippen LogP contribution in [-0.2, 0) is 16.0 Å². The Kier molecular flexibility index (Phi) is 4.44. The van der Waals surface area contributed by atoms with Gasteiger partial charge in [0, 0.05) is 0 Å². The normalized spacial score (nSPS) is 9.62. The van der Waals surface area contributed by atoms with Crippen LogP contribution < -0.4 is 0 Å². The van der Waals surface area contributed by atoms with E-state index in [1.54, 1.807) is 6.92 Å². The fraction of sp³-hybridized carbons (Fsp3) is 0.273. The lowest BCUT2D eigenvalue weighted by atomic mass is 10.1. The molecular formula is C11H9BrFNO2. The SMILES string of the molecule is CCOC(=O)Cc1ccc(F)c(Br)c1C#N. The van der Waals surface area contributed by atoms with Crippen molar-refractivity contribution in [3.63, 3.8) is 0 Å². The number of ether oxygens (including phenoxy) is 1. The molecule has 84 valence electrons. The fourth-order valence-corrected chi connectivity index (χ4v) is 1.70. The van der Waals surface area contributed by atoms with Gasteiger partial charge in [-0.3, -0.25) is 4.79 Å². The van der Waals surface area contributed by atoms with Crippen molar-refractivity contribution in [2.75, 3.05) is 6.61 Å². The Morgan fingerprint density at radius 3 is 2.88 bits per heavy atom. The number of hydrogen-bond acceptors (Lipinski definition) is 3. The Labute approximate surface area is 101 Å². The molecule has 0 aromatic heterocycles. The van der Waals surface area contributed by atoms with Gasteiger partial charge in [0.05, 0.1) is 23.1 Å². The maximum absolute atomic E-state index is 13.1. The lowest BCUT2D eigenvalue weighted by molar-refractivity contribution is -0.142. The molecule has 0 aliphatic rings. The molecule has 0 saturated heterocycles. The Hall–Kier alpha value is -1.41. The van der Waals surface area contributed by atoms with Crippen LogP contribution in [0.1, 0.15) is 18.1 Å². The second kappa shape index (κ2) is 5.61. The minimum absolute atomic E-state index is 0.0321. The molecule has 0 fully saturated rings. The molecule has 1 aromatic rings. The van der Waals surface area contributed by atoms with E-state index in [1.165, 1.54) is 12.1 Å². The van der Waals surface area contributed by atoms with E-state index in [0.29, 0.717) is 5.56 Å². The molecule has 0 saturated carbocycles. The van der Waals surface area contributed by atoms with Crippen molar-refractivity contribution in [1.29, 1.82) is 5.26 Å². The molecule has 1 aromatic carbocycles. The molecule has 0 N–H and O–H groups in total. The molecule has 3 nitrogen and oxygen atoms in total. The van der Waals surface area contributed by atoms with Crippen LogP contribution in [0.5, 0.6) is 0 Å². The van der Waals surface area contributed by atoms with Gasteiger partial charge in [-0.1, -0.05) is 6.07 Å². The number of hydrogen-bond donors (Lipinski definition) is 0. The Balaban J connectivity index is 3.02. The van der Waals surface area contributed by atoms with Crippen molar-refractivity contribution in [3.8, 4) is 6.07 Å². The Bertz CT molecular complexity index is 454. The van der Waals surface area contributed by atoms with Crippen LogP contribution in [-0.4, -0.2) is 12.6 Å². The van der Waals surface area contributed by atoms with E-state index < -0.39 is 11.8 Å². The first-order valence-corrected chi connectivity index (χ1v) is 5.42. The van der Waals surface area contributed by atoms with E-state index in [9.17, 15) is 9.18 Å². The third-order valence-corrected chi connectivity index (χ3v) is 2.71. The minimum atomic E-state index is -0.524. The number of nitriles is 1. The molecule has 0 aliphatic heterocycles. The lowest BCUT2D eigenvalue weighted by Gasteiger charge is -2.06. The highest BCUT2D eigenvalue weighted by atomic mass is 79.9. The number of rotatable bonds is 3. The van der Waals surface area contributed by atoms with Gasteiger partial charge in [-0.25, -0.2) is 4.39 Å². The summed E-state index contributed by atoms with van der Waals surface area (Å²) in [7, 11) is 0. The predicted octanol–water partition coefficient (Wildman–Crippen LogP) is 2.57. The predicted molar refractivity (Wildman–Crippen MR) is 59.2 cm³/mol. The Morgan fingerprint density at radius 2 is 2.31 bits per heavy atom. The van der Waals surface area contributed by atoms with Gasteiger partial charge >= 0.3 is 5.97 Å².